The van der Waals surface area contributed by atoms with Crippen LogP contribution in [0.5, 0.6) is 5.75 Å². The highest BCUT2D eigenvalue weighted by Crippen LogP contribution is 2.31. The summed E-state index contributed by atoms with van der Waals surface area (Å²) in [6.45, 7) is 2.11. The number of hydrogen-bond acceptors (Lipinski definition) is 3. The third-order valence-corrected chi connectivity index (χ3v) is 3.85. The van der Waals surface area contributed by atoms with Gasteiger partial charge in [-0.2, -0.15) is 13.2 Å². The van der Waals surface area contributed by atoms with Gasteiger partial charge in [0.25, 0.3) is 0 Å². The van der Waals surface area contributed by atoms with E-state index in [-0.39, 0.29) is 18.4 Å². The number of alkyl halides is 3. The van der Waals surface area contributed by atoms with E-state index in [1.807, 2.05) is 19.1 Å². The molecule has 6 heteroatoms. The van der Waals surface area contributed by atoms with Crippen molar-refractivity contribution >= 4 is 11.3 Å². The Kier molecular flexibility index (Phi) is 4.35. The smallest absolute Gasteiger partial charge is 0.416 e. The molecular weight excluding hydrogens is 287 g/mol. The van der Waals surface area contributed by atoms with Crippen LogP contribution >= 0.6 is 11.3 Å². The molecule has 2 rings (SSSR count). The molecule has 0 aliphatic heterocycles. The minimum absolute atomic E-state index is 0.140. The zero-order valence-electron chi connectivity index (χ0n) is 10.8. The van der Waals surface area contributed by atoms with Gasteiger partial charge < -0.3 is 10.5 Å². The summed E-state index contributed by atoms with van der Waals surface area (Å²) >= 11 is 1.55. The van der Waals surface area contributed by atoms with Crippen molar-refractivity contribution in [3.05, 3.63) is 51.7 Å². The molecule has 2 nitrogen and oxygen atoms in total. The standard InChI is InChI=1S/C14H14F3NOS/c1-9-5-6-13(20-9)12(18)8-19-11-4-2-3-10(7-11)14(15,16)17/h2-7,12H,8,18H2,1H3. The van der Waals surface area contributed by atoms with Gasteiger partial charge in [-0.05, 0) is 37.3 Å². The maximum absolute atomic E-state index is 12.6. The number of aryl methyl sites for hydroxylation is 1. The van der Waals surface area contributed by atoms with Gasteiger partial charge in [0.2, 0.25) is 0 Å². The molecule has 2 N–H and O–H groups in total. The average molecular weight is 301 g/mol. The molecule has 0 aliphatic rings. The van der Waals surface area contributed by atoms with Gasteiger partial charge in [0.15, 0.2) is 0 Å². The fourth-order valence-electron chi connectivity index (χ4n) is 1.68. The molecule has 0 radical (unpaired) electrons. The maximum Gasteiger partial charge on any atom is 0.416 e. The second kappa shape index (κ2) is 5.85. The quantitative estimate of drug-likeness (QED) is 0.920. The summed E-state index contributed by atoms with van der Waals surface area (Å²) in [5, 5.41) is 0. The van der Waals surface area contributed by atoms with E-state index >= 15 is 0 Å². The summed E-state index contributed by atoms with van der Waals surface area (Å²) in [5.74, 6) is 0.170. The van der Waals surface area contributed by atoms with Crippen molar-refractivity contribution in [2.24, 2.45) is 5.73 Å². The number of benzene rings is 1. The first kappa shape index (κ1) is 14.9. The largest absolute Gasteiger partial charge is 0.492 e. The Morgan fingerprint density at radius 3 is 2.60 bits per heavy atom. The normalized spacial score (nSPS) is 13.2. The second-order valence-electron chi connectivity index (χ2n) is 4.39. The van der Waals surface area contributed by atoms with Crippen LogP contribution < -0.4 is 10.5 Å². The minimum atomic E-state index is -4.37. The lowest BCUT2D eigenvalue weighted by molar-refractivity contribution is -0.137. The predicted octanol–water partition coefficient (Wildman–Crippen LogP) is 4.15. The minimum Gasteiger partial charge on any atom is -0.492 e. The molecular formula is C14H14F3NOS. The molecule has 0 bridgehead atoms. The van der Waals surface area contributed by atoms with Crippen LogP contribution in [0.3, 0.4) is 0 Å². The van der Waals surface area contributed by atoms with Crippen LogP contribution in [0.4, 0.5) is 13.2 Å². The average Bonchev–Trinajstić information content (AvgIpc) is 2.82. The SMILES string of the molecule is Cc1ccc(C(N)COc2cccc(C(F)(F)F)c2)s1. The molecule has 0 saturated carbocycles. The number of rotatable bonds is 4. The molecule has 1 aromatic heterocycles. The van der Waals surface area contributed by atoms with Gasteiger partial charge in [-0.15, -0.1) is 11.3 Å². The van der Waals surface area contributed by atoms with E-state index in [0.717, 1.165) is 21.9 Å². The molecule has 1 unspecified atom stereocenters. The van der Waals surface area contributed by atoms with E-state index in [0.29, 0.717) is 0 Å². The Labute approximate surface area is 119 Å². The molecule has 2 aromatic rings. The first-order chi connectivity index (χ1) is 9.36. The zero-order chi connectivity index (χ0) is 14.8. The third-order valence-electron chi connectivity index (χ3n) is 2.72. The molecule has 108 valence electrons. The molecule has 0 fully saturated rings. The van der Waals surface area contributed by atoms with Gasteiger partial charge in [-0.1, -0.05) is 6.07 Å². The van der Waals surface area contributed by atoms with Crippen LogP contribution in [0.2, 0.25) is 0 Å². The molecule has 0 amide bonds. The van der Waals surface area contributed by atoms with Crippen molar-refractivity contribution in [3.8, 4) is 5.75 Å². The number of halogens is 3. The van der Waals surface area contributed by atoms with Gasteiger partial charge in [-0.25, -0.2) is 0 Å². The molecule has 1 heterocycles. The molecule has 1 aromatic carbocycles. The van der Waals surface area contributed by atoms with E-state index in [4.69, 9.17) is 10.5 Å². The molecule has 0 aliphatic carbocycles. The number of ether oxygens (including phenoxy) is 1. The highest BCUT2D eigenvalue weighted by Gasteiger charge is 2.30. The van der Waals surface area contributed by atoms with Gasteiger partial charge >= 0.3 is 6.18 Å². The number of nitrogens with two attached hydrogens (primary N) is 1. The van der Waals surface area contributed by atoms with Crippen molar-refractivity contribution in [1.29, 1.82) is 0 Å². The van der Waals surface area contributed by atoms with Gasteiger partial charge in [0, 0.05) is 9.75 Å². The number of thiophene rings is 1. The Balaban J connectivity index is 2.00. The third kappa shape index (κ3) is 3.74. The second-order valence-corrected chi connectivity index (χ2v) is 5.71. The highest BCUT2D eigenvalue weighted by atomic mass is 32.1. The summed E-state index contributed by atoms with van der Waals surface area (Å²) in [6.07, 6.45) is -4.37. The van der Waals surface area contributed by atoms with Crippen molar-refractivity contribution in [3.63, 3.8) is 0 Å². The van der Waals surface area contributed by atoms with Crippen molar-refractivity contribution < 1.29 is 17.9 Å². The fourth-order valence-corrected chi connectivity index (χ4v) is 2.55. The summed E-state index contributed by atoms with van der Waals surface area (Å²) in [6, 6.07) is 8.30. The Hall–Kier alpha value is -1.53. The summed E-state index contributed by atoms with van der Waals surface area (Å²) in [5.41, 5.74) is 5.22. The lowest BCUT2D eigenvalue weighted by Gasteiger charge is -2.13. The maximum atomic E-state index is 12.6. The van der Waals surface area contributed by atoms with E-state index in [2.05, 4.69) is 0 Å². The van der Waals surface area contributed by atoms with Crippen molar-refractivity contribution in [2.45, 2.75) is 19.1 Å². The topological polar surface area (TPSA) is 35.2 Å². The number of hydrogen-bond donors (Lipinski definition) is 1. The molecule has 1 atom stereocenters. The molecule has 20 heavy (non-hydrogen) atoms. The van der Waals surface area contributed by atoms with Crippen LogP contribution in [0.25, 0.3) is 0 Å². The highest BCUT2D eigenvalue weighted by molar-refractivity contribution is 7.12. The van der Waals surface area contributed by atoms with Crippen LogP contribution in [0, 0.1) is 6.92 Å². The monoisotopic (exact) mass is 301 g/mol. The summed E-state index contributed by atoms with van der Waals surface area (Å²) in [7, 11) is 0. The molecule has 0 spiro atoms. The first-order valence-corrected chi connectivity index (χ1v) is 6.80. The van der Waals surface area contributed by atoms with E-state index in [1.165, 1.54) is 12.1 Å². The lowest BCUT2D eigenvalue weighted by Crippen LogP contribution is -2.18. The van der Waals surface area contributed by atoms with Crippen LogP contribution in [-0.4, -0.2) is 6.61 Å². The zero-order valence-corrected chi connectivity index (χ0v) is 11.6. The van der Waals surface area contributed by atoms with Crippen LogP contribution in [0.1, 0.15) is 21.4 Å². The van der Waals surface area contributed by atoms with Crippen LogP contribution in [0.15, 0.2) is 36.4 Å². The lowest BCUT2D eigenvalue weighted by atomic mass is 10.2. The van der Waals surface area contributed by atoms with Gasteiger partial charge in [0.05, 0.1) is 11.6 Å². The Morgan fingerprint density at radius 2 is 2.00 bits per heavy atom. The fraction of sp³-hybridized carbons (Fsp3) is 0.286. The first-order valence-electron chi connectivity index (χ1n) is 5.98. The summed E-state index contributed by atoms with van der Waals surface area (Å²) < 4.78 is 43.0. The molecule has 0 saturated heterocycles. The van der Waals surface area contributed by atoms with Gasteiger partial charge in [-0.3, -0.25) is 0 Å². The summed E-state index contributed by atoms with van der Waals surface area (Å²) in [4.78, 5) is 2.09. The predicted molar refractivity (Wildman–Crippen MR) is 72.9 cm³/mol. The van der Waals surface area contributed by atoms with Crippen molar-refractivity contribution in [1.82, 2.24) is 0 Å². The Bertz CT molecular complexity index is 580. The van der Waals surface area contributed by atoms with Crippen LogP contribution in [-0.2, 0) is 6.18 Å². The Morgan fingerprint density at radius 1 is 1.25 bits per heavy atom. The van der Waals surface area contributed by atoms with Crippen molar-refractivity contribution in [2.75, 3.05) is 6.61 Å². The van der Waals surface area contributed by atoms with E-state index in [1.54, 1.807) is 11.3 Å². The van der Waals surface area contributed by atoms with E-state index in [9.17, 15) is 13.2 Å². The van der Waals surface area contributed by atoms with Gasteiger partial charge in [0.1, 0.15) is 12.4 Å². The van der Waals surface area contributed by atoms with E-state index < -0.39 is 11.7 Å².